The minimum absolute atomic E-state index is 0. The van der Waals surface area contributed by atoms with Crippen molar-refractivity contribution >= 4 is 71.5 Å². The third-order valence-corrected chi connectivity index (χ3v) is 0. The molecule has 0 aromatic carbocycles. The monoisotopic (exact) mass is 190 g/mol. The van der Waals surface area contributed by atoms with Gasteiger partial charge in [0, 0.05) is 11.2 Å². The summed E-state index contributed by atoms with van der Waals surface area (Å²) >= 11 is 3.47. The predicted molar refractivity (Wildman–Crippen MR) is 39.1 cm³/mol. The van der Waals surface area contributed by atoms with Gasteiger partial charge in [0.2, 0.25) is 0 Å². The molecule has 0 radical (unpaired) electrons. The second-order valence-corrected chi connectivity index (χ2v) is 2.65. The van der Waals surface area contributed by atoms with Gasteiger partial charge in [-0.25, -0.2) is 0 Å². The van der Waals surface area contributed by atoms with Crippen molar-refractivity contribution in [1.29, 1.82) is 0 Å². The summed E-state index contributed by atoms with van der Waals surface area (Å²) in [4.78, 5) is 0. The third-order valence-electron chi connectivity index (χ3n) is 0. The molecular weight excluding hydrogens is 184 g/mol. The molecule has 0 amide bonds. The van der Waals surface area contributed by atoms with E-state index >= 15 is 0 Å². The summed E-state index contributed by atoms with van der Waals surface area (Å²) < 4.78 is 24.0. The largest absolute Gasteiger partial charge is 2.00 e. The van der Waals surface area contributed by atoms with Crippen LogP contribution in [-0.4, -0.2) is 51.1 Å². The van der Waals surface area contributed by atoms with Gasteiger partial charge in [-0.3, -0.25) is 9.11 Å². The molecule has 0 fully saturated rings. The first-order valence-electron chi connectivity index (χ1n) is 0.698. The molecular formula is H6CaO3S3. The molecule has 0 saturated heterocycles. The first kappa shape index (κ1) is 16.0. The quantitative estimate of drug-likeness (QED) is 0.512. The maximum Gasteiger partial charge on any atom is 2.00 e. The van der Waals surface area contributed by atoms with Gasteiger partial charge in [-0.1, -0.05) is 0 Å². The van der Waals surface area contributed by atoms with Gasteiger partial charge < -0.3 is 2.85 Å². The van der Waals surface area contributed by atoms with E-state index < -0.39 is 9.05 Å². The predicted octanol–water partition coefficient (Wildman–Crippen LogP) is -0.364. The van der Waals surface area contributed by atoms with Crippen LogP contribution < -0.4 is 0 Å². The molecule has 0 aliphatic carbocycles. The van der Waals surface area contributed by atoms with Crippen molar-refractivity contribution in [2.45, 2.75) is 0 Å². The van der Waals surface area contributed by atoms with Gasteiger partial charge in [-0.2, -0.15) is 17.7 Å². The van der Waals surface area contributed by atoms with Crippen molar-refractivity contribution in [3.8, 4) is 0 Å². The van der Waals surface area contributed by atoms with Crippen LogP contribution in [0.5, 0.6) is 0 Å². The molecule has 7 heteroatoms. The topological polar surface area (TPSA) is 57.5 Å². The van der Waals surface area contributed by atoms with Gasteiger partial charge in [-0.05, 0) is 0 Å². The Labute approximate surface area is 86.6 Å². The van der Waals surface area contributed by atoms with E-state index in [2.05, 4.69) is 11.2 Å². The summed E-state index contributed by atoms with van der Waals surface area (Å²) in [6, 6.07) is 0. The van der Waals surface area contributed by atoms with Gasteiger partial charge in [0.15, 0.2) is 0 Å². The summed E-state index contributed by atoms with van der Waals surface area (Å²) in [5.74, 6) is 0. The molecule has 0 aliphatic rings. The Morgan fingerprint density at radius 1 is 1.57 bits per heavy atom. The maximum atomic E-state index is 9.11. The first-order chi connectivity index (χ1) is 2.00. The van der Waals surface area contributed by atoms with Gasteiger partial charge >= 0.3 is 37.7 Å². The summed E-state index contributed by atoms with van der Waals surface area (Å²) in [6.45, 7) is 0. The van der Waals surface area contributed by atoms with Gasteiger partial charge in [0.1, 0.15) is 0 Å². The van der Waals surface area contributed by atoms with Crippen molar-refractivity contribution in [2.75, 3.05) is 0 Å². The fraction of sp³-hybridized carbons (Fsp3) is 0. The zero-order valence-corrected chi connectivity index (χ0v) is 8.17. The van der Waals surface area contributed by atoms with Crippen LogP contribution in [0.4, 0.5) is 0 Å². The number of hydrogen-bond donors (Lipinski definition) is 2. The molecule has 0 bridgehead atoms. The minimum atomic E-state index is -3.83. The molecule has 0 spiro atoms. The molecule has 0 saturated carbocycles. The van der Waals surface area contributed by atoms with Crippen LogP contribution in [0.2, 0.25) is 0 Å². The summed E-state index contributed by atoms with van der Waals surface area (Å²) in [5, 5.41) is 0. The van der Waals surface area contributed by atoms with Crippen molar-refractivity contribution in [2.24, 2.45) is 0 Å². The molecule has 44 valence electrons. The normalized spacial score (nSPS) is 8.29. The zero-order valence-electron chi connectivity index (χ0n) is 5.33. The summed E-state index contributed by atoms with van der Waals surface area (Å²) in [5.41, 5.74) is 0. The van der Waals surface area contributed by atoms with Crippen molar-refractivity contribution < 1.29 is 16.2 Å². The second-order valence-electron chi connectivity index (χ2n) is 0.448. The van der Waals surface area contributed by atoms with E-state index in [4.69, 9.17) is 13.3 Å². The molecule has 7 heavy (non-hydrogen) atoms. The molecule has 0 aromatic rings. The van der Waals surface area contributed by atoms with E-state index in [0.29, 0.717) is 0 Å². The second kappa shape index (κ2) is 6.03. The molecule has 0 aliphatic heterocycles. The van der Waals surface area contributed by atoms with Crippen LogP contribution >= 0.6 is 13.5 Å². The SMILES string of the molecule is O=S(O)(O)=S.S.[Ca+2].[H-].[H-]. The minimum Gasteiger partial charge on any atom is -1.00 e. The Kier molecular flexibility index (Phi) is 13.7. The third kappa shape index (κ3) is 76.2. The van der Waals surface area contributed by atoms with Crippen LogP contribution in [0, 0.1) is 0 Å². The first-order valence-corrected chi connectivity index (χ1v) is 3.10. The Balaban J connectivity index is -0.0000000133. The van der Waals surface area contributed by atoms with E-state index in [1.54, 1.807) is 0 Å². The van der Waals surface area contributed by atoms with Crippen LogP contribution in [0.3, 0.4) is 0 Å². The van der Waals surface area contributed by atoms with Gasteiger partial charge in [-0.15, -0.1) is 0 Å². The Hall–Kier alpha value is 1.90. The average Bonchev–Trinajstić information content (AvgIpc) is 0.722. The van der Waals surface area contributed by atoms with E-state index in [9.17, 15) is 0 Å². The Morgan fingerprint density at radius 2 is 1.57 bits per heavy atom. The molecule has 0 atom stereocenters. The molecule has 0 unspecified atom stereocenters. The Morgan fingerprint density at radius 3 is 1.57 bits per heavy atom. The van der Waals surface area contributed by atoms with E-state index in [0.717, 1.165) is 0 Å². The molecule has 0 rings (SSSR count). The van der Waals surface area contributed by atoms with E-state index in [1.807, 2.05) is 0 Å². The number of hydrogen-bond acceptors (Lipinski definition) is 2. The van der Waals surface area contributed by atoms with Crippen LogP contribution in [0.1, 0.15) is 2.85 Å². The summed E-state index contributed by atoms with van der Waals surface area (Å²) in [6.07, 6.45) is 0. The van der Waals surface area contributed by atoms with Gasteiger partial charge in [0.25, 0.3) is 9.05 Å². The molecule has 3 nitrogen and oxygen atoms in total. The van der Waals surface area contributed by atoms with Crippen LogP contribution in [0.15, 0.2) is 0 Å². The van der Waals surface area contributed by atoms with E-state index in [1.165, 1.54) is 0 Å². The van der Waals surface area contributed by atoms with Crippen molar-refractivity contribution in [1.82, 2.24) is 0 Å². The fourth-order valence-corrected chi connectivity index (χ4v) is 0. The van der Waals surface area contributed by atoms with Crippen molar-refractivity contribution in [3.63, 3.8) is 0 Å². The average molecular weight is 190 g/mol. The van der Waals surface area contributed by atoms with Crippen LogP contribution in [0.25, 0.3) is 0 Å². The van der Waals surface area contributed by atoms with E-state index in [-0.39, 0.29) is 54.1 Å². The van der Waals surface area contributed by atoms with Crippen molar-refractivity contribution in [3.05, 3.63) is 0 Å². The summed E-state index contributed by atoms with van der Waals surface area (Å²) in [7, 11) is -3.83. The van der Waals surface area contributed by atoms with Gasteiger partial charge in [0.05, 0.1) is 0 Å². The molecule has 2 N–H and O–H groups in total. The molecule has 0 aromatic heterocycles. The molecule has 0 heterocycles. The number of rotatable bonds is 0. The Bertz CT molecular complexity index is 100. The smallest absolute Gasteiger partial charge is 1.00 e. The van der Waals surface area contributed by atoms with Crippen LogP contribution in [-0.2, 0) is 20.2 Å². The standard InChI is InChI=1S/Ca.H2O3S2.H2S.2H/c;1-5(2,3)4;;;/h;(H2,1,2,3,4);1H2;;/q+2;;;2*-1. The maximum absolute atomic E-state index is 9.11. The zero-order chi connectivity index (χ0) is 4.50. The fourth-order valence-electron chi connectivity index (χ4n) is 0.